The van der Waals surface area contributed by atoms with Crippen molar-refractivity contribution >= 4 is 5.69 Å². The van der Waals surface area contributed by atoms with Gasteiger partial charge >= 0.3 is 0 Å². The number of rotatable bonds is 3. The number of hydrogen-bond acceptors (Lipinski definition) is 4. The van der Waals surface area contributed by atoms with Crippen LogP contribution in [0.15, 0.2) is 6.20 Å². The third-order valence-corrected chi connectivity index (χ3v) is 1.63. The highest BCUT2D eigenvalue weighted by Gasteiger charge is 2.29. The van der Waals surface area contributed by atoms with Crippen LogP contribution in [0.3, 0.4) is 0 Å². The zero-order chi connectivity index (χ0) is 11.6. The molecule has 0 aliphatic rings. The van der Waals surface area contributed by atoms with Gasteiger partial charge in [0.1, 0.15) is 11.8 Å². The summed E-state index contributed by atoms with van der Waals surface area (Å²) in [5.41, 5.74) is -2.07. The van der Waals surface area contributed by atoms with Crippen molar-refractivity contribution in [1.29, 1.82) is 0 Å². The number of nitrogens with zero attached hydrogens (tertiary/aromatic N) is 2. The molecule has 0 aliphatic heterocycles. The number of nitro groups is 1. The summed E-state index contributed by atoms with van der Waals surface area (Å²) in [4.78, 5) is 12.2. The van der Waals surface area contributed by atoms with Crippen LogP contribution < -0.4 is 4.74 Å². The Morgan fingerprint density at radius 1 is 1.60 bits per heavy atom. The summed E-state index contributed by atoms with van der Waals surface area (Å²) in [6.07, 6.45) is -2.78. The molecule has 0 fully saturated rings. The standard InChI is InChI=1S/C7H5F3N2O3/c1-15-5-4(6(8)9)3(12(13)14)2-11-7(5)10/h2,6H,1H3. The summed E-state index contributed by atoms with van der Waals surface area (Å²) in [7, 11) is 0.926. The number of methoxy groups -OCH3 is 1. The fourth-order valence-corrected chi connectivity index (χ4v) is 1.02. The molecule has 0 radical (unpaired) electrons. The van der Waals surface area contributed by atoms with Crippen molar-refractivity contribution in [2.24, 2.45) is 0 Å². The highest BCUT2D eigenvalue weighted by molar-refractivity contribution is 5.48. The molecule has 15 heavy (non-hydrogen) atoms. The lowest BCUT2D eigenvalue weighted by Gasteiger charge is -2.07. The molecule has 0 aliphatic carbocycles. The summed E-state index contributed by atoms with van der Waals surface area (Å²) >= 11 is 0. The van der Waals surface area contributed by atoms with Crippen LogP contribution in [0.25, 0.3) is 0 Å². The first-order valence-electron chi connectivity index (χ1n) is 3.64. The van der Waals surface area contributed by atoms with Gasteiger partial charge in [-0.05, 0) is 0 Å². The molecule has 0 unspecified atom stereocenters. The predicted octanol–water partition coefficient (Wildman–Crippen LogP) is 2.08. The van der Waals surface area contributed by atoms with Crippen molar-refractivity contribution in [3.63, 3.8) is 0 Å². The van der Waals surface area contributed by atoms with Gasteiger partial charge in [-0.2, -0.15) is 4.39 Å². The Bertz CT molecular complexity index is 397. The zero-order valence-electron chi connectivity index (χ0n) is 7.41. The van der Waals surface area contributed by atoms with Crippen molar-refractivity contribution in [3.05, 3.63) is 27.8 Å². The van der Waals surface area contributed by atoms with E-state index in [4.69, 9.17) is 0 Å². The maximum Gasteiger partial charge on any atom is 0.300 e. The lowest BCUT2D eigenvalue weighted by atomic mass is 10.2. The van der Waals surface area contributed by atoms with Gasteiger partial charge in [-0.15, -0.1) is 0 Å². The molecule has 0 saturated heterocycles. The van der Waals surface area contributed by atoms with E-state index in [1.54, 1.807) is 0 Å². The second kappa shape index (κ2) is 4.11. The molecule has 0 atom stereocenters. The molecule has 0 saturated carbocycles. The van der Waals surface area contributed by atoms with Crippen LogP contribution in [0.1, 0.15) is 12.0 Å². The molecular formula is C7H5F3N2O3. The SMILES string of the molecule is COc1c(F)ncc([N+](=O)[O-])c1C(F)F. The van der Waals surface area contributed by atoms with Crippen LogP contribution in [-0.2, 0) is 0 Å². The van der Waals surface area contributed by atoms with Gasteiger partial charge in [-0.1, -0.05) is 0 Å². The van der Waals surface area contributed by atoms with E-state index in [-0.39, 0.29) is 0 Å². The smallest absolute Gasteiger partial charge is 0.300 e. The van der Waals surface area contributed by atoms with Crippen molar-refractivity contribution in [1.82, 2.24) is 4.98 Å². The quantitative estimate of drug-likeness (QED) is 0.446. The molecule has 0 spiro atoms. The van der Waals surface area contributed by atoms with Crippen molar-refractivity contribution in [2.45, 2.75) is 6.43 Å². The first kappa shape index (κ1) is 11.2. The van der Waals surface area contributed by atoms with Crippen LogP contribution in [-0.4, -0.2) is 17.0 Å². The lowest BCUT2D eigenvalue weighted by Crippen LogP contribution is -2.03. The number of halogens is 3. The van der Waals surface area contributed by atoms with E-state index in [0.717, 1.165) is 7.11 Å². The van der Waals surface area contributed by atoms with Gasteiger partial charge in [0.05, 0.1) is 12.0 Å². The van der Waals surface area contributed by atoms with E-state index < -0.39 is 34.3 Å². The average Bonchev–Trinajstić information content (AvgIpc) is 2.16. The largest absolute Gasteiger partial charge is 0.491 e. The molecule has 0 aromatic carbocycles. The molecule has 8 heteroatoms. The Balaban J connectivity index is 3.49. The normalized spacial score (nSPS) is 10.5. The molecule has 0 bridgehead atoms. The molecule has 0 amide bonds. The van der Waals surface area contributed by atoms with E-state index in [2.05, 4.69) is 9.72 Å². The van der Waals surface area contributed by atoms with E-state index in [1.807, 2.05) is 0 Å². The molecule has 1 aromatic rings. The summed E-state index contributed by atoms with van der Waals surface area (Å²) in [6.45, 7) is 0. The van der Waals surface area contributed by atoms with Gasteiger partial charge in [-0.3, -0.25) is 10.1 Å². The number of aromatic nitrogens is 1. The van der Waals surface area contributed by atoms with Crippen molar-refractivity contribution in [2.75, 3.05) is 7.11 Å². The third-order valence-electron chi connectivity index (χ3n) is 1.63. The van der Waals surface area contributed by atoms with Gasteiger partial charge in [-0.25, -0.2) is 13.8 Å². The fourth-order valence-electron chi connectivity index (χ4n) is 1.02. The summed E-state index contributed by atoms with van der Waals surface area (Å²) < 4.78 is 42.0. The Labute approximate surface area is 81.6 Å². The van der Waals surface area contributed by atoms with E-state index in [0.29, 0.717) is 6.20 Å². The molecule has 0 N–H and O–H groups in total. The highest BCUT2D eigenvalue weighted by Crippen LogP contribution is 2.37. The predicted molar refractivity (Wildman–Crippen MR) is 42.4 cm³/mol. The van der Waals surface area contributed by atoms with Crippen LogP contribution >= 0.6 is 0 Å². The van der Waals surface area contributed by atoms with Gasteiger partial charge in [0.15, 0.2) is 5.75 Å². The molecule has 1 rings (SSSR count). The number of alkyl halides is 2. The number of ether oxygens (including phenoxy) is 1. The topological polar surface area (TPSA) is 65.3 Å². The van der Waals surface area contributed by atoms with Crippen LogP contribution in [0.5, 0.6) is 5.75 Å². The Morgan fingerprint density at radius 2 is 2.20 bits per heavy atom. The van der Waals surface area contributed by atoms with Crippen LogP contribution in [0.4, 0.5) is 18.9 Å². The number of hydrogen-bond donors (Lipinski definition) is 0. The van der Waals surface area contributed by atoms with Crippen LogP contribution in [0, 0.1) is 16.1 Å². The van der Waals surface area contributed by atoms with Gasteiger partial charge in [0.25, 0.3) is 18.1 Å². The van der Waals surface area contributed by atoms with E-state index in [1.165, 1.54) is 0 Å². The van der Waals surface area contributed by atoms with E-state index >= 15 is 0 Å². The first-order chi connectivity index (χ1) is 6.99. The highest BCUT2D eigenvalue weighted by atomic mass is 19.3. The van der Waals surface area contributed by atoms with Gasteiger partial charge < -0.3 is 4.74 Å². The summed E-state index contributed by atoms with van der Waals surface area (Å²) in [5.74, 6) is -2.21. The van der Waals surface area contributed by atoms with Gasteiger partial charge in [0, 0.05) is 0 Å². The van der Waals surface area contributed by atoms with E-state index in [9.17, 15) is 23.3 Å². The maximum absolute atomic E-state index is 12.9. The minimum Gasteiger partial charge on any atom is -0.491 e. The van der Waals surface area contributed by atoms with Crippen molar-refractivity contribution < 1.29 is 22.8 Å². The zero-order valence-corrected chi connectivity index (χ0v) is 7.41. The fraction of sp³-hybridized carbons (Fsp3) is 0.286. The monoisotopic (exact) mass is 222 g/mol. The summed E-state index contributed by atoms with van der Waals surface area (Å²) in [6, 6.07) is 0. The molecular weight excluding hydrogens is 217 g/mol. The molecule has 82 valence electrons. The average molecular weight is 222 g/mol. The second-order valence-electron chi connectivity index (χ2n) is 2.44. The van der Waals surface area contributed by atoms with Gasteiger partial charge in [0.2, 0.25) is 0 Å². The molecule has 5 nitrogen and oxygen atoms in total. The summed E-state index contributed by atoms with van der Waals surface area (Å²) in [5, 5.41) is 10.4. The molecule has 1 aromatic heterocycles. The Kier molecular flexibility index (Phi) is 3.08. The minimum absolute atomic E-state index is 0.430. The lowest BCUT2D eigenvalue weighted by molar-refractivity contribution is -0.386. The Hall–Kier alpha value is -1.86. The Morgan fingerprint density at radius 3 is 2.60 bits per heavy atom. The second-order valence-corrected chi connectivity index (χ2v) is 2.44. The number of pyridine rings is 1. The molecule has 1 heterocycles. The van der Waals surface area contributed by atoms with Crippen molar-refractivity contribution in [3.8, 4) is 5.75 Å². The van der Waals surface area contributed by atoms with Crippen LogP contribution in [0.2, 0.25) is 0 Å². The third kappa shape index (κ3) is 1.97. The first-order valence-corrected chi connectivity index (χ1v) is 3.64. The maximum atomic E-state index is 12.9. The minimum atomic E-state index is -3.21.